The van der Waals surface area contributed by atoms with E-state index in [0.29, 0.717) is 12.5 Å². The van der Waals surface area contributed by atoms with Gasteiger partial charge in [-0.05, 0) is 6.07 Å². The van der Waals surface area contributed by atoms with E-state index >= 15 is 0 Å². The van der Waals surface area contributed by atoms with Gasteiger partial charge in [0.15, 0.2) is 5.96 Å². The van der Waals surface area contributed by atoms with Crippen molar-refractivity contribution in [2.75, 3.05) is 32.5 Å². The summed E-state index contributed by atoms with van der Waals surface area (Å²) in [6, 6.07) is 0.813. The molecule has 0 aliphatic carbocycles. The van der Waals surface area contributed by atoms with Crippen molar-refractivity contribution in [1.82, 2.24) is 14.9 Å². The Kier molecular flexibility index (Phi) is 4.90. The minimum Gasteiger partial charge on any atom is -0.370 e. The third kappa shape index (κ3) is 4.98. The first kappa shape index (κ1) is 15.0. The Morgan fingerprint density at radius 1 is 1.47 bits per heavy atom. The second kappa shape index (κ2) is 6.21. The molecule has 0 atom stereocenters. The van der Waals surface area contributed by atoms with E-state index in [1.807, 2.05) is 0 Å². The van der Waals surface area contributed by atoms with E-state index in [4.69, 9.17) is 5.73 Å². The average Bonchev–Trinajstić information content (AvgIpc) is 2.33. The first-order valence-corrected chi connectivity index (χ1v) is 5.42. The molecule has 19 heavy (non-hydrogen) atoms. The zero-order chi connectivity index (χ0) is 14.5. The summed E-state index contributed by atoms with van der Waals surface area (Å²) in [5, 5.41) is 2.65. The minimum absolute atomic E-state index is 0.0894. The predicted octanol–water partition coefficient (Wildman–Crippen LogP) is 0.784. The van der Waals surface area contributed by atoms with Gasteiger partial charge in [-0.15, -0.1) is 0 Å². The van der Waals surface area contributed by atoms with Crippen molar-refractivity contribution < 1.29 is 13.2 Å². The van der Waals surface area contributed by atoms with Gasteiger partial charge in [-0.2, -0.15) is 13.2 Å². The molecule has 0 unspecified atom stereocenters. The molecule has 1 aromatic rings. The van der Waals surface area contributed by atoms with Crippen molar-refractivity contribution >= 4 is 11.9 Å². The fraction of sp³-hybridized carbons (Fsp3) is 0.500. The van der Waals surface area contributed by atoms with Crippen LogP contribution >= 0.6 is 0 Å². The summed E-state index contributed by atoms with van der Waals surface area (Å²) >= 11 is 0. The lowest BCUT2D eigenvalue weighted by Crippen LogP contribution is -2.31. The number of halogens is 3. The van der Waals surface area contributed by atoms with Crippen LogP contribution in [0.15, 0.2) is 17.3 Å². The van der Waals surface area contributed by atoms with Crippen molar-refractivity contribution in [3.63, 3.8) is 0 Å². The van der Waals surface area contributed by atoms with Crippen molar-refractivity contribution in [3.05, 3.63) is 18.0 Å². The number of anilines is 1. The molecule has 1 rings (SSSR count). The van der Waals surface area contributed by atoms with Gasteiger partial charge in [0, 0.05) is 26.8 Å². The summed E-state index contributed by atoms with van der Waals surface area (Å²) in [6.45, 7) is 0.597. The van der Waals surface area contributed by atoms with E-state index in [9.17, 15) is 13.2 Å². The Bertz CT molecular complexity index is 443. The van der Waals surface area contributed by atoms with Gasteiger partial charge in [0.1, 0.15) is 5.69 Å². The third-order valence-electron chi connectivity index (χ3n) is 2.07. The lowest BCUT2D eigenvalue weighted by Gasteiger charge is -2.11. The smallest absolute Gasteiger partial charge is 0.370 e. The van der Waals surface area contributed by atoms with Gasteiger partial charge < -0.3 is 16.0 Å². The van der Waals surface area contributed by atoms with E-state index < -0.39 is 11.9 Å². The monoisotopic (exact) mass is 276 g/mol. The zero-order valence-corrected chi connectivity index (χ0v) is 10.6. The summed E-state index contributed by atoms with van der Waals surface area (Å²) in [4.78, 5) is 12.7. The van der Waals surface area contributed by atoms with Gasteiger partial charge in [-0.1, -0.05) is 0 Å². The van der Waals surface area contributed by atoms with Crippen LogP contribution < -0.4 is 11.1 Å². The number of hydrogen-bond acceptors (Lipinski definition) is 4. The number of hydrogen-bond donors (Lipinski definition) is 2. The molecule has 3 N–H and O–H groups in total. The second-order valence-electron chi connectivity index (χ2n) is 3.82. The normalized spacial score (nSPS) is 12.4. The maximum absolute atomic E-state index is 12.4. The number of aliphatic imine (C=N–C) groups is 1. The molecule has 0 aliphatic rings. The van der Waals surface area contributed by atoms with Crippen LogP contribution in [0.3, 0.4) is 0 Å². The standard InChI is InChI=1S/C10H15F3N6/c1-19(2)8(14)15-5-6-17-9-16-4-3-7(18-9)10(11,12)13/h3-4H,5-6H2,1-2H3,(H2,14,15)(H,16,17,18). The molecule has 0 aliphatic heterocycles. The number of nitrogens with zero attached hydrogens (tertiary/aromatic N) is 4. The van der Waals surface area contributed by atoms with Gasteiger partial charge in [-0.3, -0.25) is 4.99 Å². The molecule has 0 aromatic carbocycles. The quantitative estimate of drug-likeness (QED) is 0.483. The molecular weight excluding hydrogens is 261 g/mol. The molecule has 106 valence electrons. The highest BCUT2D eigenvalue weighted by Gasteiger charge is 2.32. The van der Waals surface area contributed by atoms with Crippen LogP contribution in [-0.2, 0) is 6.18 Å². The van der Waals surface area contributed by atoms with Crippen molar-refractivity contribution in [1.29, 1.82) is 0 Å². The maximum atomic E-state index is 12.4. The lowest BCUT2D eigenvalue weighted by atomic mass is 10.4. The summed E-state index contributed by atoms with van der Waals surface area (Å²) < 4.78 is 37.2. The second-order valence-corrected chi connectivity index (χ2v) is 3.82. The van der Waals surface area contributed by atoms with Crippen molar-refractivity contribution in [2.24, 2.45) is 10.7 Å². The van der Waals surface area contributed by atoms with E-state index in [-0.39, 0.29) is 12.5 Å². The number of guanidine groups is 1. The predicted molar refractivity (Wildman–Crippen MR) is 65.7 cm³/mol. The Morgan fingerprint density at radius 2 is 2.16 bits per heavy atom. The Hall–Kier alpha value is -2.06. The zero-order valence-electron chi connectivity index (χ0n) is 10.6. The summed E-state index contributed by atoms with van der Waals surface area (Å²) in [6.07, 6.45) is -3.43. The summed E-state index contributed by atoms with van der Waals surface area (Å²) in [5.74, 6) is 0.250. The van der Waals surface area contributed by atoms with Gasteiger partial charge in [0.05, 0.1) is 6.54 Å². The fourth-order valence-electron chi connectivity index (χ4n) is 1.08. The molecule has 6 nitrogen and oxygen atoms in total. The molecule has 0 fully saturated rings. The van der Waals surface area contributed by atoms with Crippen LogP contribution in [0, 0.1) is 0 Å². The van der Waals surface area contributed by atoms with Gasteiger partial charge >= 0.3 is 6.18 Å². The van der Waals surface area contributed by atoms with Gasteiger partial charge in [0.25, 0.3) is 0 Å². The van der Waals surface area contributed by atoms with E-state index in [0.717, 1.165) is 12.3 Å². The Morgan fingerprint density at radius 3 is 2.74 bits per heavy atom. The van der Waals surface area contributed by atoms with Crippen LogP contribution in [0.5, 0.6) is 0 Å². The summed E-state index contributed by atoms with van der Waals surface area (Å²) in [7, 11) is 3.48. The first-order valence-electron chi connectivity index (χ1n) is 5.42. The van der Waals surface area contributed by atoms with E-state index in [2.05, 4.69) is 20.3 Å². The molecule has 0 saturated heterocycles. The van der Waals surface area contributed by atoms with Gasteiger partial charge in [-0.25, -0.2) is 9.97 Å². The van der Waals surface area contributed by atoms with E-state index in [1.165, 1.54) is 0 Å². The fourth-order valence-corrected chi connectivity index (χ4v) is 1.08. The maximum Gasteiger partial charge on any atom is 0.433 e. The number of alkyl halides is 3. The molecule has 0 amide bonds. The first-order chi connectivity index (χ1) is 8.80. The molecule has 1 aromatic heterocycles. The molecule has 9 heteroatoms. The highest BCUT2D eigenvalue weighted by atomic mass is 19.4. The number of nitrogens with one attached hydrogen (secondary N) is 1. The molecule has 1 heterocycles. The lowest BCUT2D eigenvalue weighted by molar-refractivity contribution is -0.141. The topological polar surface area (TPSA) is 79.4 Å². The van der Waals surface area contributed by atoms with Crippen molar-refractivity contribution in [2.45, 2.75) is 6.18 Å². The molecule has 0 saturated carbocycles. The average molecular weight is 276 g/mol. The van der Waals surface area contributed by atoms with Crippen LogP contribution in [0.2, 0.25) is 0 Å². The molecule has 0 bridgehead atoms. The number of rotatable bonds is 4. The Labute approximate surface area is 108 Å². The third-order valence-corrected chi connectivity index (χ3v) is 2.07. The SMILES string of the molecule is CN(C)C(N)=NCCNc1nccc(C(F)(F)F)n1. The molecular formula is C10H15F3N6. The number of nitrogens with two attached hydrogens (primary N) is 1. The van der Waals surface area contributed by atoms with Crippen LogP contribution in [-0.4, -0.2) is 48.0 Å². The summed E-state index contributed by atoms with van der Waals surface area (Å²) in [5.41, 5.74) is 4.56. The van der Waals surface area contributed by atoms with Crippen LogP contribution in [0.1, 0.15) is 5.69 Å². The Balaban J connectivity index is 2.53. The highest BCUT2D eigenvalue weighted by Crippen LogP contribution is 2.27. The largest absolute Gasteiger partial charge is 0.433 e. The minimum atomic E-state index is -4.48. The molecule has 0 spiro atoms. The van der Waals surface area contributed by atoms with Gasteiger partial charge in [0.2, 0.25) is 5.95 Å². The van der Waals surface area contributed by atoms with Crippen molar-refractivity contribution in [3.8, 4) is 0 Å². The highest BCUT2D eigenvalue weighted by molar-refractivity contribution is 5.77. The number of aromatic nitrogens is 2. The van der Waals surface area contributed by atoms with Crippen LogP contribution in [0.25, 0.3) is 0 Å². The van der Waals surface area contributed by atoms with Crippen LogP contribution in [0.4, 0.5) is 19.1 Å². The van der Waals surface area contributed by atoms with E-state index in [1.54, 1.807) is 19.0 Å². The molecule has 0 radical (unpaired) electrons.